The van der Waals surface area contributed by atoms with Crippen LogP contribution in [0.4, 0.5) is 17.1 Å². The molecule has 3 heteroatoms. The first-order valence-corrected chi connectivity index (χ1v) is 18.7. The Morgan fingerprint density at radius 2 is 0.909 bits per heavy atom. The van der Waals surface area contributed by atoms with Gasteiger partial charge in [-0.05, 0) is 82.1 Å². The van der Waals surface area contributed by atoms with Gasteiger partial charge in [0.2, 0.25) is 0 Å². The van der Waals surface area contributed by atoms with Crippen molar-refractivity contribution in [3.63, 3.8) is 0 Å². The van der Waals surface area contributed by atoms with Gasteiger partial charge < -0.3 is 13.7 Å². The van der Waals surface area contributed by atoms with E-state index in [9.17, 15) is 0 Å². The van der Waals surface area contributed by atoms with Crippen LogP contribution in [0.15, 0.2) is 209 Å². The number of para-hydroxylation sites is 4. The fraction of sp³-hybridized carbons (Fsp3) is 0. The van der Waals surface area contributed by atoms with Crippen molar-refractivity contribution in [1.82, 2.24) is 0 Å². The van der Waals surface area contributed by atoms with Crippen LogP contribution in [0.5, 0.6) is 0 Å². The van der Waals surface area contributed by atoms with Gasteiger partial charge in [-0.2, -0.15) is 0 Å². The summed E-state index contributed by atoms with van der Waals surface area (Å²) >= 11 is 0. The van der Waals surface area contributed by atoms with Crippen molar-refractivity contribution in [1.29, 1.82) is 0 Å². The molecule has 0 saturated carbocycles. The van der Waals surface area contributed by atoms with E-state index in [2.05, 4.69) is 193 Å². The third kappa shape index (κ3) is 5.20. The van der Waals surface area contributed by atoms with Crippen LogP contribution in [-0.4, -0.2) is 0 Å². The molecule has 11 aromatic rings. The fourth-order valence-corrected chi connectivity index (χ4v) is 8.24. The molecule has 2 heterocycles. The van der Waals surface area contributed by atoms with Crippen LogP contribution in [0.2, 0.25) is 0 Å². The van der Waals surface area contributed by atoms with E-state index in [1.807, 2.05) is 12.1 Å². The highest BCUT2D eigenvalue weighted by Gasteiger charge is 2.23. The zero-order valence-electron chi connectivity index (χ0n) is 29.8. The zero-order chi connectivity index (χ0) is 36.3. The lowest BCUT2D eigenvalue weighted by molar-refractivity contribution is 0.669. The van der Waals surface area contributed by atoms with E-state index in [1.165, 1.54) is 10.8 Å². The minimum absolute atomic E-state index is 0.883. The lowest BCUT2D eigenvalue weighted by Gasteiger charge is -2.30. The van der Waals surface area contributed by atoms with Gasteiger partial charge in [0.25, 0.3) is 0 Å². The van der Waals surface area contributed by atoms with Crippen molar-refractivity contribution in [2.24, 2.45) is 0 Å². The molecule has 3 nitrogen and oxygen atoms in total. The third-order valence-electron chi connectivity index (χ3n) is 10.9. The molecular formula is C52H33NO2. The van der Waals surface area contributed by atoms with Crippen LogP contribution >= 0.6 is 0 Å². The van der Waals surface area contributed by atoms with Crippen molar-refractivity contribution < 1.29 is 8.83 Å². The van der Waals surface area contributed by atoms with Gasteiger partial charge in [-0.1, -0.05) is 146 Å². The highest BCUT2D eigenvalue weighted by atomic mass is 16.3. The smallest absolute Gasteiger partial charge is 0.143 e. The lowest BCUT2D eigenvalue weighted by Crippen LogP contribution is -2.12. The van der Waals surface area contributed by atoms with E-state index in [0.29, 0.717) is 0 Å². The Balaban J connectivity index is 1.10. The molecule has 55 heavy (non-hydrogen) atoms. The number of nitrogens with zero attached hydrogens (tertiary/aromatic N) is 1. The van der Waals surface area contributed by atoms with E-state index in [0.717, 1.165) is 94.3 Å². The maximum absolute atomic E-state index is 6.78. The van der Waals surface area contributed by atoms with Crippen molar-refractivity contribution in [2.45, 2.75) is 0 Å². The van der Waals surface area contributed by atoms with E-state index in [1.54, 1.807) is 0 Å². The molecule has 0 atom stereocenters. The standard InChI is InChI=1S/C52H33NO2/c1-2-13-35(14-3-1)40-17-6-9-22-47(40)53(39-28-25-34(26-29-39)38-27-30-50-45(32-38)42-19-8-11-24-49(42)54-50)48-23-10-7-18-41(48)43-20-12-21-44-46-31-36-15-4-5-16-37(36)33-51(46)55-52(43)44/h1-33H. The zero-order valence-corrected chi connectivity index (χ0v) is 29.8. The van der Waals surface area contributed by atoms with Crippen LogP contribution in [0.1, 0.15) is 0 Å². The summed E-state index contributed by atoms with van der Waals surface area (Å²) in [4.78, 5) is 2.39. The molecule has 0 spiro atoms. The maximum Gasteiger partial charge on any atom is 0.143 e. The van der Waals surface area contributed by atoms with E-state index < -0.39 is 0 Å². The van der Waals surface area contributed by atoms with Gasteiger partial charge in [0.15, 0.2) is 0 Å². The van der Waals surface area contributed by atoms with Gasteiger partial charge >= 0.3 is 0 Å². The normalized spacial score (nSPS) is 11.6. The minimum atomic E-state index is 0.883. The molecule has 0 unspecified atom stereocenters. The number of benzene rings is 9. The molecular weight excluding hydrogens is 671 g/mol. The van der Waals surface area contributed by atoms with E-state index in [4.69, 9.17) is 8.83 Å². The van der Waals surface area contributed by atoms with Gasteiger partial charge in [0.05, 0.1) is 11.4 Å². The first-order valence-electron chi connectivity index (χ1n) is 18.7. The largest absolute Gasteiger partial charge is 0.456 e. The Labute approximate surface area is 317 Å². The monoisotopic (exact) mass is 703 g/mol. The maximum atomic E-state index is 6.78. The average Bonchev–Trinajstić information content (AvgIpc) is 3.81. The minimum Gasteiger partial charge on any atom is -0.456 e. The number of fused-ring (bicyclic) bond motifs is 7. The van der Waals surface area contributed by atoms with Crippen LogP contribution in [0.25, 0.3) is 88.0 Å². The Kier molecular flexibility index (Phi) is 7.17. The summed E-state index contributed by atoms with van der Waals surface area (Å²) in [5.41, 5.74) is 13.5. The van der Waals surface area contributed by atoms with Crippen molar-refractivity contribution >= 4 is 71.7 Å². The van der Waals surface area contributed by atoms with Gasteiger partial charge in [-0.25, -0.2) is 0 Å². The Bertz CT molecular complexity index is 3210. The van der Waals surface area contributed by atoms with E-state index >= 15 is 0 Å². The summed E-state index contributed by atoms with van der Waals surface area (Å²) in [6, 6.07) is 71.0. The molecule has 2 aromatic heterocycles. The topological polar surface area (TPSA) is 29.5 Å². The summed E-state index contributed by atoms with van der Waals surface area (Å²) in [7, 11) is 0. The Morgan fingerprint density at radius 3 is 1.75 bits per heavy atom. The molecule has 0 saturated heterocycles. The first-order chi connectivity index (χ1) is 27.3. The van der Waals surface area contributed by atoms with Crippen LogP contribution < -0.4 is 4.90 Å². The lowest BCUT2D eigenvalue weighted by atomic mass is 9.97. The molecule has 11 rings (SSSR count). The third-order valence-corrected chi connectivity index (χ3v) is 10.9. The SMILES string of the molecule is c1ccc(-c2ccccc2N(c2ccc(-c3ccc4oc5ccccc5c4c3)cc2)c2ccccc2-c2cccc3c2oc2cc4ccccc4cc23)cc1. The van der Waals surface area contributed by atoms with Crippen LogP contribution in [-0.2, 0) is 0 Å². The second kappa shape index (κ2) is 12.6. The first kappa shape index (κ1) is 31.2. The number of furan rings is 2. The molecule has 0 aliphatic carbocycles. The average molecular weight is 704 g/mol. The summed E-state index contributed by atoms with van der Waals surface area (Å²) in [5.74, 6) is 0. The van der Waals surface area contributed by atoms with Gasteiger partial charge in [0.1, 0.15) is 22.3 Å². The summed E-state index contributed by atoms with van der Waals surface area (Å²) in [5, 5.41) is 6.85. The molecule has 0 amide bonds. The van der Waals surface area contributed by atoms with E-state index in [-0.39, 0.29) is 0 Å². The number of rotatable bonds is 6. The summed E-state index contributed by atoms with van der Waals surface area (Å²) in [6.07, 6.45) is 0. The molecule has 0 fully saturated rings. The predicted octanol–water partition coefficient (Wildman–Crippen LogP) is 15.1. The number of hydrogen-bond donors (Lipinski definition) is 0. The Morgan fingerprint density at radius 1 is 0.309 bits per heavy atom. The predicted molar refractivity (Wildman–Crippen MR) is 229 cm³/mol. The van der Waals surface area contributed by atoms with Crippen LogP contribution in [0, 0.1) is 0 Å². The highest BCUT2D eigenvalue weighted by Crippen LogP contribution is 2.47. The number of hydrogen-bond acceptors (Lipinski definition) is 3. The molecule has 0 N–H and O–H groups in total. The fourth-order valence-electron chi connectivity index (χ4n) is 8.24. The molecule has 0 aliphatic rings. The molecule has 9 aromatic carbocycles. The van der Waals surface area contributed by atoms with Crippen molar-refractivity contribution in [3.05, 3.63) is 200 Å². The van der Waals surface area contributed by atoms with Gasteiger partial charge in [0, 0.05) is 43.9 Å². The summed E-state index contributed by atoms with van der Waals surface area (Å²) < 4.78 is 12.9. The molecule has 0 aliphatic heterocycles. The quantitative estimate of drug-likeness (QED) is 0.173. The second-order valence-corrected chi connectivity index (χ2v) is 14.1. The van der Waals surface area contributed by atoms with Crippen LogP contribution in [0.3, 0.4) is 0 Å². The molecule has 0 bridgehead atoms. The second-order valence-electron chi connectivity index (χ2n) is 14.1. The van der Waals surface area contributed by atoms with Crippen molar-refractivity contribution in [3.8, 4) is 33.4 Å². The molecule has 0 radical (unpaired) electrons. The van der Waals surface area contributed by atoms with Gasteiger partial charge in [-0.15, -0.1) is 0 Å². The van der Waals surface area contributed by atoms with Gasteiger partial charge in [-0.3, -0.25) is 0 Å². The Hall–Kier alpha value is -7.36. The van der Waals surface area contributed by atoms with Crippen molar-refractivity contribution in [2.75, 3.05) is 4.90 Å². The highest BCUT2D eigenvalue weighted by molar-refractivity contribution is 6.14. The molecule has 258 valence electrons. The number of anilines is 3. The summed E-state index contributed by atoms with van der Waals surface area (Å²) in [6.45, 7) is 0.